The van der Waals surface area contributed by atoms with E-state index in [2.05, 4.69) is 10.2 Å². The molecule has 1 aliphatic carbocycles. The predicted molar refractivity (Wildman–Crippen MR) is 82.3 cm³/mol. The third-order valence-corrected chi connectivity index (χ3v) is 4.55. The Morgan fingerprint density at radius 3 is 2.76 bits per heavy atom. The second-order valence-electron chi connectivity index (χ2n) is 6.52. The van der Waals surface area contributed by atoms with Crippen molar-refractivity contribution in [1.82, 2.24) is 10.2 Å². The third kappa shape index (κ3) is 4.94. The second kappa shape index (κ2) is 7.56. The Hall–Kier alpha value is -0.650. The number of hydrogen-bond donors (Lipinski definition) is 1. The Labute approximate surface area is 128 Å². The van der Waals surface area contributed by atoms with Gasteiger partial charge in [-0.15, -0.1) is 0 Å². The molecule has 21 heavy (non-hydrogen) atoms. The molecule has 2 fully saturated rings. The number of rotatable bonds is 8. The van der Waals surface area contributed by atoms with Crippen molar-refractivity contribution >= 4 is 5.97 Å². The molecular formula is C16H30N2O3. The van der Waals surface area contributed by atoms with Gasteiger partial charge in [-0.25, -0.2) is 0 Å². The number of nitrogens with one attached hydrogen (secondary N) is 1. The van der Waals surface area contributed by atoms with Crippen LogP contribution in [-0.2, 0) is 14.3 Å². The molecule has 0 aromatic rings. The number of carbonyl (C=O) groups is 1. The molecular weight excluding hydrogens is 268 g/mol. The molecule has 5 heteroatoms. The van der Waals surface area contributed by atoms with Crippen molar-refractivity contribution in [2.75, 3.05) is 33.4 Å². The van der Waals surface area contributed by atoms with E-state index in [1.807, 2.05) is 13.8 Å². The highest BCUT2D eigenvalue weighted by atomic mass is 16.5. The number of piperidine rings is 1. The van der Waals surface area contributed by atoms with Crippen LogP contribution >= 0.6 is 0 Å². The van der Waals surface area contributed by atoms with Gasteiger partial charge < -0.3 is 14.4 Å². The second-order valence-corrected chi connectivity index (χ2v) is 6.52. The maximum absolute atomic E-state index is 12.3. The minimum absolute atomic E-state index is 0.114. The molecule has 0 radical (unpaired) electrons. The van der Waals surface area contributed by atoms with Crippen molar-refractivity contribution in [3.05, 3.63) is 0 Å². The smallest absolute Gasteiger partial charge is 0.326 e. The molecule has 0 spiro atoms. The Morgan fingerprint density at radius 1 is 1.38 bits per heavy atom. The summed E-state index contributed by atoms with van der Waals surface area (Å²) in [5.41, 5.74) is -0.558. The highest BCUT2D eigenvalue weighted by Crippen LogP contribution is 2.25. The summed E-state index contributed by atoms with van der Waals surface area (Å²) in [6.45, 7) is 7.27. The van der Waals surface area contributed by atoms with Crippen LogP contribution in [0.3, 0.4) is 0 Å². The highest BCUT2D eigenvalue weighted by molar-refractivity contribution is 5.80. The first kappa shape index (κ1) is 16.7. The molecule has 2 unspecified atom stereocenters. The molecule has 1 saturated heterocycles. The largest absolute Gasteiger partial charge is 0.465 e. The monoisotopic (exact) mass is 298 g/mol. The van der Waals surface area contributed by atoms with Gasteiger partial charge in [-0.2, -0.15) is 0 Å². The van der Waals surface area contributed by atoms with Crippen molar-refractivity contribution in [3.63, 3.8) is 0 Å². The van der Waals surface area contributed by atoms with E-state index in [1.165, 1.54) is 19.3 Å². The fourth-order valence-corrected chi connectivity index (χ4v) is 2.99. The molecule has 1 N–H and O–H groups in total. The molecule has 1 aliphatic heterocycles. The minimum Gasteiger partial charge on any atom is -0.465 e. The lowest BCUT2D eigenvalue weighted by Crippen LogP contribution is -2.54. The molecule has 0 bridgehead atoms. The molecule has 0 amide bonds. The summed E-state index contributed by atoms with van der Waals surface area (Å²) in [5.74, 6) is -0.114. The van der Waals surface area contributed by atoms with Crippen molar-refractivity contribution in [1.29, 1.82) is 0 Å². The summed E-state index contributed by atoms with van der Waals surface area (Å²) in [6.07, 6.45) is 5.78. The number of carbonyl (C=O) groups excluding carboxylic acids is 1. The lowest BCUT2D eigenvalue weighted by molar-refractivity contribution is -0.151. The summed E-state index contributed by atoms with van der Waals surface area (Å²) in [4.78, 5) is 14.7. The molecule has 1 saturated carbocycles. The lowest BCUT2D eigenvalue weighted by Gasteiger charge is -2.35. The predicted octanol–water partition coefficient (Wildman–Crippen LogP) is 1.56. The van der Waals surface area contributed by atoms with E-state index in [4.69, 9.17) is 9.47 Å². The Kier molecular flexibility index (Phi) is 6.02. The first-order chi connectivity index (χ1) is 10.1. The standard InChI is InChI=1S/C16H30N2O3/c1-4-21-15(19)16(2,17-13-7-8-13)9-11-18-10-5-6-14(12-18)20-3/h13-14,17H,4-12H2,1-3H3. The first-order valence-corrected chi connectivity index (χ1v) is 8.27. The molecule has 0 aromatic carbocycles. The van der Waals surface area contributed by atoms with Crippen LogP contribution in [-0.4, -0.2) is 61.9 Å². The van der Waals surface area contributed by atoms with Gasteiger partial charge >= 0.3 is 5.97 Å². The number of ether oxygens (including phenoxy) is 2. The number of esters is 1. The van der Waals surface area contributed by atoms with E-state index in [1.54, 1.807) is 7.11 Å². The van der Waals surface area contributed by atoms with Crippen LogP contribution in [0, 0.1) is 0 Å². The van der Waals surface area contributed by atoms with Gasteiger partial charge in [0.25, 0.3) is 0 Å². The quantitative estimate of drug-likeness (QED) is 0.689. The van der Waals surface area contributed by atoms with Crippen LogP contribution in [0.1, 0.15) is 46.0 Å². The number of methoxy groups -OCH3 is 1. The zero-order chi connectivity index (χ0) is 15.3. The SMILES string of the molecule is CCOC(=O)C(C)(CCN1CCCC(OC)C1)NC1CC1. The van der Waals surface area contributed by atoms with Crippen LogP contribution in [0.2, 0.25) is 0 Å². The number of nitrogens with zero attached hydrogens (tertiary/aromatic N) is 1. The van der Waals surface area contributed by atoms with Crippen LogP contribution in [0.25, 0.3) is 0 Å². The van der Waals surface area contributed by atoms with Gasteiger partial charge in [0.2, 0.25) is 0 Å². The third-order valence-electron chi connectivity index (χ3n) is 4.55. The van der Waals surface area contributed by atoms with Gasteiger partial charge in [-0.1, -0.05) is 0 Å². The van der Waals surface area contributed by atoms with Gasteiger partial charge in [0.15, 0.2) is 0 Å². The topological polar surface area (TPSA) is 50.8 Å². The summed E-state index contributed by atoms with van der Waals surface area (Å²) < 4.78 is 10.7. The van der Waals surface area contributed by atoms with Gasteiger partial charge in [-0.05, 0) is 52.5 Å². The Balaban J connectivity index is 1.87. The Morgan fingerprint density at radius 2 is 2.14 bits per heavy atom. The van der Waals surface area contributed by atoms with Crippen molar-refractivity contribution in [2.45, 2.75) is 63.6 Å². The maximum Gasteiger partial charge on any atom is 0.326 e. The average Bonchev–Trinajstić information content (AvgIpc) is 3.29. The van der Waals surface area contributed by atoms with Gasteiger partial charge in [0.05, 0.1) is 12.7 Å². The number of hydrogen-bond acceptors (Lipinski definition) is 5. The molecule has 122 valence electrons. The van der Waals surface area contributed by atoms with Gasteiger partial charge in [0.1, 0.15) is 5.54 Å². The van der Waals surface area contributed by atoms with Crippen LogP contribution < -0.4 is 5.32 Å². The van der Waals surface area contributed by atoms with E-state index in [0.29, 0.717) is 18.8 Å². The molecule has 5 nitrogen and oxygen atoms in total. The summed E-state index contributed by atoms with van der Waals surface area (Å²) >= 11 is 0. The zero-order valence-electron chi connectivity index (χ0n) is 13.7. The maximum atomic E-state index is 12.3. The Bertz CT molecular complexity index is 346. The normalized spacial score (nSPS) is 26.3. The fraction of sp³-hybridized carbons (Fsp3) is 0.938. The first-order valence-electron chi connectivity index (χ1n) is 8.27. The highest BCUT2D eigenvalue weighted by Gasteiger charge is 2.39. The van der Waals surface area contributed by atoms with E-state index < -0.39 is 5.54 Å². The van der Waals surface area contributed by atoms with Crippen LogP contribution in [0.4, 0.5) is 0 Å². The summed E-state index contributed by atoms with van der Waals surface area (Å²) in [6, 6.07) is 0.493. The van der Waals surface area contributed by atoms with Crippen molar-refractivity contribution in [3.8, 4) is 0 Å². The number of likely N-dealkylation sites (tertiary alicyclic amines) is 1. The van der Waals surface area contributed by atoms with Gasteiger partial charge in [0, 0.05) is 26.2 Å². The van der Waals surface area contributed by atoms with Gasteiger partial charge in [-0.3, -0.25) is 10.1 Å². The zero-order valence-corrected chi connectivity index (χ0v) is 13.7. The molecule has 2 aliphatic rings. The van der Waals surface area contributed by atoms with Crippen molar-refractivity contribution in [2.24, 2.45) is 0 Å². The average molecular weight is 298 g/mol. The van der Waals surface area contributed by atoms with E-state index in [0.717, 1.165) is 32.5 Å². The molecule has 2 rings (SSSR count). The van der Waals surface area contributed by atoms with Crippen LogP contribution in [0.15, 0.2) is 0 Å². The minimum atomic E-state index is -0.558. The van der Waals surface area contributed by atoms with Crippen LogP contribution in [0.5, 0.6) is 0 Å². The summed E-state index contributed by atoms with van der Waals surface area (Å²) in [5, 5.41) is 3.48. The molecule has 0 aromatic heterocycles. The fourth-order valence-electron chi connectivity index (χ4n) is 2.99. The van der Waals surface area contributed by atoms with Crippen molar-refractivity contribution < 1.29 is 14.3 Å². The summed E-state index contributed by atoms with van der Waals surface area (Å²) in [7, 11) is 1.78. The van der Waals surface area contributed by atoms with E-state index in [9.17, 15) is 4.79 Å². The van der Waals surface area contributed by atoms with E-state index in [-0.39, 0.29) is 5.97 Å². The molecule has 2 atom stereocenters. The molecule has 1 heterocycles. The van der Waals surface area contributed by atoms with E-state index >= 15 is 0 Å². The lowest BCUT2D eigenvalue weighted by atomic mass is 9.96.